The second kappa shape index (κ2) is 4.98. The number of alkyl halides is 1. The minimum atomic E-state index is 0.231. The lowest BCUT2D eigenvalue weighted by Gasteiger charge is -2.27. The topological polar surface area (TPSA) is 17.1 Å². The maximum absolute atomic E-state index is 12.2. The van der Waals surface area contributed by atoms with Crippen LogP contribution in [0.3, 0.4) is 0 Å². The van der Waals surface area contributed by atoms with Crippen molar-refractivity contribution in [3.63, 3.8) is 0 Å². The number of carbonyl (C=O) groups is 1. The van der Waals surface area contributed by atoms with Crippen LogP contribution in [-0.4, -0.2) is 10.2 Å². The van der Waals surface area contributed by atoms with Crippen molar-refractivity contribution in [1.29, 1.82) is 0 Å². The number of hydrogen-bond donors (Lipinski definition) is 0. The second-order valence-corrected chi connectivity index (χ2v) is 5.95. The van der Waals surface area contributed by atoms with Crippen LogP contribution in [0.2, 0.25) is 0 Å². The van der Waals surface area contributed by atoms with Gasteiger partial charge in [-0.2, -0.15) is 0 Å². The zero-order valence-corrected chi connectivity index (χ0v) is 12.5. The van der Waals surface area contributed by atoms with E-state index in [2.05, 4.69) is 50.3 Å². The van der Waals surface area contributed by atoms with E-state index in [4.69, 9.17) is 0 Å². The van der Waals surface area contributed by atoms with E-state index in [0.29, 0.717) is 23.5 Å². The lowest BCUT2D eigenvalue weighted by Crippen LogP contribution is -2.27. The van der Waals surface area contributed by atoms with Crippen LogP contribution >= 0.6 is 22.6 Å². The Balaban J connectivity index is 3.11. The predicted octanol–water partition coefficient (Wildman–Crippen LogP) is 3.87. The highest BCUT2D eigenvalue weighted by molar-refractivity contribution is 14.1. The number of allylic oxidation sites excluding steroid dienone is 2. The van der Waals surface area contributed by atoms with Gasteiger partial charge in [0.15, 0.2) is 5.78 Å². The molecule has 0 amide bonds. The SMILES string of the molecule is CC1=C(CI)[C@H](C(C)C)[C@@H](C(C)C)C1=O. The fraction of sp³-hybridized carbons (Fsp3) is 0.769. The molecule has 1 rings (SSSR count). The first-order valence-corrected chi connectivity index (χ1v) is 7.24. The number of halogens is 1. The van der Waals surface area contributed by atoms with E-state index in [1.165, 1.54) is 5.57 Å². The molecule has 0 aromatic heterocycles. The number of ketones is 1. The summed E-state index contributed by atoms with van der Waals surface area (Å²) in [4.78, 5) is 12.2. The quantitative estimate of drug-likeness (QED) is 0.570. The molecule has 0 N–H and O–H groups in total. The molecule has 0 unspecified atom stereocenters. The van der Waals surface area contributed by atoms with Crippen molar-refractivity contribution in [3.8, 4) is 0 Å². The molecule has 1 aliphatic carbocycles. The van der Waals surface area contributed by atoms with Crippen LogP contribution in [0, 0.1) is 23.7 Å². The third-order valence-corrected chi connectivity index (χ3v) is 4.35. The van der Waals surface area contributed by atoms with Gasteiger partial charge in [-0.25, -0.2) is 0 Å². The van der Waals surface area contributed by atoms with E-state index in [9.17, 15) is 4.79 Å². The Kier molecular flexibility index (Phi) is 4.38. The molecule has 86 valence electrons. The van der Waals surface area contributed by atoms with Gasteiger partial charge in [-0.15, -0.1) is 0 Å². The molecular weight excluding hydrogens is 299 g/mol. The van der Waals surface area contributed by atoms with Gasteiger partial charge in [0.05, 0.1) is 0 Å². The zero-order valence-electron chi connectivity index (χ0n) is 10.3. The monoisotopic (exact) mass is 320 g/mol. The summed E-state index contributed by atoms with van der Waals surface area (Å²) in [6, 6.07) is 0. The first kappa shape index (κ1) is 13.2. The summed E-state index contributed by atoms with van der Waals surface area (Å²) in [5, 5.41) is 0. The number of Topliss-reactive ketones (excluding diaryl/α,β-unsaturated/α-hetero) is 1. The molecule has 2 heteroatoms. The largest absolute Gasteiger partial charge is 0.294 e. The average Bonchev–Trinajstić information content (AvgIpc) is 2.39. The molecule has 1 aliphatic rings. The highest BCUT2D eigenvalue weighted by Crippen LogP contribution is 2.43. The maximum atomic E-state index is 12.2. The molecule has 0 aromatic rings. The van der Waals surface area contributed by atoms with Gasteiger partial charge in [0.2, 0.25) is 0 Å². The van der Waals surface area contributed by atoms with Crippen molar-refractivity contribution < 1.29 is 4.79 Å². The fourth-order valence-corrected chi connectivity index (χ4v) is 3.84. The van der Waals surface area contributed by atoms with E-state index in [1.807, 2.05) is 6.92 Å². The molecule has 0 fully saturated rings. The zero-order chi connectivity index (χ0) is 11.7. The minimum Gasteiger partial charge on any atom is -0.294 e. The number of hydrogen-bond acceptors (Lipinski definition) is 1. The van der Waals surface area contributed by atoms with Crippen molar-refractivity contribution in [2.24, 2.45) is 23.7 Å². The van der Waals surface area contributed by atoms with Gasteiger partial charge in [0.25, 0.3) is 0 Å². The highest BCUT2D eigenvalue weighted by atomic mass is 127. The van der Waals surface area contributed by atoms with Crippen LogP contribution < -0.4 is 0 Å². The molecule has 2 atom stereocenters. The van der Waals surface area contributed by atoms with E-state index in [0.717, 1.165) is 10.0 Å². The summed E-state index contributed by atoms with van der Waals surface area (Å²) in [5.74, 6) is 2.14. The van der Waals surface area contributed by atoms with Crippen molar-refractivity contribution in [2.45, 2.75) is 34.6 Å². The molecule has 0 bridgehead atoms. The van der Waals surface area contributed by atoms with Crippen LogP contribution in [0.5, 0.6) is 0 Å². The van der Waals surface area contributed by atoms with Crippen LogP contribution in [0.4, 0.5) is 0 Å². The Bertz CT molecular complexity index is 289. The second-order valence-electron chi connectivity index (χ2n) is 5.19. The Hall–Kier alpha value is 0.140. The van der Waals surface area contributed by atoms with Gasteiger partial charge in [-0.1, -0.05) is 50.3 Å². The summed E-state index contributed by atoms with van der Waals surface area (Å²) in [5.41, 5.74) is 2.44. The Labute approximate surface area is 107 Å². The lowest BCUT2D eigenvalue weighted by molar-refractivity contribution is -0.120. The molecule has 0 spiro atoms. The molecule has 0 saturated heterocycles. The van der Waals surface area contributed by atoms with E-state index in [-0.39, 0.29) is 5.92 Å². The number of carbonyl (C=O) groups excluding carboxylic acids is 1. The summed E-state index contributed by atoms with van der Waals surface area (Å²) >= 11 is 2.39. The molecule has 0 saturated carbocycles. The van der Waals surface area contributed by atoms with Gasteiger partial charge in [-0.05, 0) is 35.8 Å². The molecule has 1 nitrogen and oxygen atoms in total. The summed E-state index contributed by atoms with van der Waals surface area (Å²) < 4.78 is 1.00. The number of rotatable bonds is 3. The van der Waals surface area contributed by atoms with Crippen LogP contribution in [0.25, 0.3) is 0 Å². The average molecular weight is 320 g/mol. The Morgan fingerprint density at radius 1 is 1.13 bits per heavy atom. The van der Waals surface area contributed by atoms with Crippen molar-refractivity contribution in [3.05, 3.63) is 11.1 Å². The van der Waals surface area contributed by atoms with Crippen LogP contribution in [0.1, 0.15) is 34.6 Å². The van der Waals surface area contributed by atoms with E-state index < -0.39 is 0 Å². The van der Waals surface area contributed by atoms with E-state index >= 15 is 0 Å². The lowest BCUT2D eigenvalue weighted by atomic mass is 9.76. The Morgan fingerprint density at radius 3 is 1.93 bits per heavy atom. The Morgan fingerprint density at radius 2 is 1.60 bits per heavy atom. The highest BCUT2D eigenvalue weighted by Gasteiger charge is 2.42. The summed E-state index contributed by atoms with van der Waals surface area (Å²) in [6.07, 6.45) is 0. The van der Waals surface area contributed by atoms with Crippen molar-refractivity contribution in [2.75, 3.05) is 4.43 Å². The van der Waals surface area contributed by atoms with Gasteiger partial charge < -0.3 is 0 Å². The smallest absolute Gasteiger partial charge is 0.162 e. The summed E-state index contributed by atoms with van der Waals surface area (Å²) in [6.45, 7) is 10.8. The fourth-order valence-electron chi connectivity index (χ4n) is 2.76. The molecule has 0 radical (unpaired) electrons. The van der Waals surface area contributed by atoms with Crippen molar-refractivity contribution in [1.82, 2.24) is 0 Å². The normalized spacial score (nSPS) is 27.3. The third-order valence-electron chi connectivity index (χ3n) is 3.52. The van der Waals surface area contributed by atoms with Crippen LogP contribution in [-0.2, 0) is 4.79 Å². The van der Waals surface area contributed by atoms with Gasteiger partial charge in [0, 0.05) is 10.3 Å². The third kappa shape index (κ3) is 2.29. The molecule has 0 aliphatic heterocycles. The maximum Gasteiger partial charge on any atom is 0.162 e. The molecular formula is C13H21IO. The molecule has 0 aromatic carbocycles. The first-order chi connectivity index (χ1) is 6.91. The van der Waals surface area contributed by atoms with Gasteiger partial charge in [0.1, 0.15) is 0 Å². The summed E-state index contributed by atoms with van der Waals surface area (Å²) in [7, 11) is 0. The molecule has 15 heavy (non-hydrogen) atoms. The van der Waals surface area contributed by atoms with Gasteiger partial charge >= 0.3 is 0 Å². The minimum absolute atomic E-state index is 0.231. The van der Waals surface area contributed by atoms with Crippen molar-refractivity contribution >= 4 is 28.4 Å². The predicted molar refractivity (Wildman–Crippen MR) is 73.3 cm³/mol. The van der Waals surface area contributed by atoms with Gasteiger partial charge in [-0.3, -0.25) is 4.79 Å². The van der Waals surface area contributed by atoms with Crippen LogP contribution in [0.15, 0.2) is 11.1 Å². The first-order valence-electron chi connectivity index (χ1n) is 5.71. The van der Waals surface area contributed by atoms with E-state index in [1.54, 1.807) is 0 Å². The standard InChI is InChI=1S/C13H21IO/c1-7(2)11-10(6-14)9(5)13(15)12(11)8(3)4/h7-8,11-12H,6H2,1-5H3/t11-,12+/m0/s1. The molecule has 0 heterocycles.